The Bertz CT molecular complexity index is 778. The Morgan fingerprint density at radius 2 is 2.14 bits per heavy atom. The van der Waals surface area contributed by atoms with E-state index in [2.05, 4.69) is 41.6 Å². The maximum Gasteiger partial charge on any atom is 0.146 e. The maximum absolute atomic E-state index is 6.12. The lowest BCUT2D eigenvalue weighted by Gasteiger charge is -2.15. The number of imidazole rings is 1. The molecule has 0 amide bonds. The predicted molar refractivity (Wildman–Crippen MR) is 88.7 cm³/mol. The second kappa shape index (κ2) is 5.70. The number of nitrogens with zero attached hydrogens (tertiary/aromatic N) is 2. The summed E-state index contributed by atoms with van der Waals surface area (Å²) >= 11 is 7.92. The number of benzene rings is 1. The molecule has 2 heterocycles. The van der Waals surface area contributed by atoms with Gasteiger partial charge in [-0.3, -0.25) is 0 Å². The molecule has 0 bridgehead atoms. The number of rotatable bonds is 4. The monoisotopic (exact) mass is 320 g/mol. The van der Waals surface area contributed by atoms with Gasteiger partial charge in [0.2, 0.25) is 0 Å². The van der Waals surface area contributed by atoms with Crippen molar-refractivity contribution in [3.05, 3.63) is 45.9 Å². The van der Waals surface area contributed by atoms with Gasteiger partial charge in [-0.05, 0) is 38.1 Å². The van der Waals surface area contributed by atoms with Gasteiger partial charge in [-0.2, -0.15) is 0 Å². The summed E-state index contributed by atoms with van der Waals surface area (Å²) in [5, 5.41) is 0. The number of halogens is 1. The molecule has 0 saturated heterocycles. The summed E-state index contributed by atoms with van der Waals surface area (Å²) in [4.78, 5) is 7.28. The van der Waals surface area contributed by atoms with Gasteiger partial charge >= 0.3 is 0 Å². The predicted octanol–water partition coefficient (Wildman–Crippen LogP) is 4.76. The van der Waals surface area contributed by atoms with Crippen LogP contribution in [-0.4, -0.2) is 16.7 Å². The summed E-state index contributed by atoms with van der Waals surface area (Å²) in [5.74, 6) is 2.04. The van der Waals surface area contributed by atoms with Gasteiger partial charge in [0.25, 0.3) is 0 Å². The van der Waals surface area contributed by atoms with E-state index in [-0.39, 0.29) is 6.04 Å². The summed E-state index contributed by atoms with van der Waals surface area (Å²) in [6.07, 6.45) is 0. The zero-order valence-corrected chi connectivity index (χ0v) is 13.8. The molecule has 1 unspecified atom stereocenters. The molecule has 3 aromatic rings. The van der Waals surface area contributed by atoms with Crippen LogP contribution in [0.2, 0.25) is 0 Å². The van der Waals surface area contributed by atoms with E-state index in [1.165, 1.54) is 9.75 Å². The first-order valence-electron chi connectivity index (χ1n) is 6.81. The average Bonchev–Trinajstić information content (AvgIpc) is 3.09. The third-order valence-electron chi connectivity index (χ3n) is 3.66. The molecule has 5 heteroatoms. The molecule has 0 aliphatic rings. The van der Waals surface area contributed by atoms with Crippen molar-refractivity contribution in [1.29, 1.82) is 0 Å². The first kappa shape index (κ1) is 14.4. The fourth-order valence-electron chi connectivity index (χ4n) is 2.64. The lowest BCUT2D eigenvalue weighted by atomic mass is 10.2. The molecular weight excluding hydrogens is 304 g/mol. The van der Waals surface area contributed by atoms with Crippen molar-refractivity contribution in [1.82, 2.24) is 9.55 Å². The SMILES string of the molecule is COc1cccc2c1nc(CCl)n2C(C)c1ccc(C)s1. The second-order valence-corrected chi connectivity index (χ2v) is 6.57. The van der Waals surface area contributed by atoms with Gasteiger partial charge in [-0.15, -0.1) is 22.9 Å². The molecule has 1 aromatic carbocycles. The van der Waals surface area contributed by atoms with E-state index in [0.717, 1.165) is 22.6 Å². The standard InChI is InChI=1S/C16H17ClN2OS/c1-10-7-8-14(21-10)11(2)19-12-5-4-6-13(20-3)16(12)18-15(19)9-17/h4-8,11H,9H2,1-3H3. The third kappa shape index (κ3) is 2.43. The summed E-state index contributed by atoms with van der Waals surface area (Å²) in [7, 11) is 1.67. The van der Waals surface area contributed by atoms with E-state index < -0.39 is 0 Å². The molecule has 0 aliphatic heterocycles. The maximum atomic E-state index is 6.12. The van der Waals surface area contributed by atoms with E-state index in [0.29, 0.717) is 5.88 Å². The highest BCUT2D eigenvalue weighted by molar-refractivity contribution is 7.12. The number of methoxy groups -OCH3 is 1. The Morgan fingerprint density at radius 1 is 1.33 bits per heavy atom. The van der Waals surface area contributed by atoms with Gasteiger partial charge in [-0.1, -0.05) is 6.07 Å². The van der Waals surface area contributed by atoms with Crippen LogP contribution < -0.4 is 4.74 Å². The van der Waals surface area contributed by atoms with Crippen LogP contribution in [0.1, 0.15) is 28.5 Å². The summed E-state index contributed by atoms with van der Waals surface area (Å²) in [5.41, 5.74) is 1.93. The van der Waals surface area contributed by atoms with E-state index >= 15 is 0 Å². The molecule has 110 valence electrons. The quantitative estimate of drug-likeness (QED) is 0.648. The smallest absolute Gasteiger partial charge is 0.146 e. The summed E-state index contributed by atoms with van der Waals surface area (Å²) in [6.45, 7) is 4.31. The van der Waals surface area contributed by atoms with Gasteiger partial charge in [0.1, 0.15) is 17.1 Å². The molecule has 0 aliphatic carbocycles. The van der Waals surface area contributed by atoms with Crippen LogP contribution in [0.15, 0.2) is 30.3 Å². The zero-order valence-electron chi connectivity index (χ0n) is 12.3. The van der Waals surface area contributed by atoms with E-state index in [1.54, 1.807) is 7.11 Å². The first-order chi connectivity index (χ1) is 10.2. The van der Waals surface area contributed by atoms with E-state index in [1.807, 2.05) is 23.5 Å². The number of ether oxygens (including phenoxy) is 1. The number of thiophene rings is 1. The highest BCUT2D eigenvalue weighted by Crippen LogP contribution is 2.33. The zero-order chi connectivity index (χ0) is 15.0. The molecule has 3 nitrogen and oxygen atoms in total. The van der Waals surface area contributed by atoms with Crippen molar-refractivity contribution in [2.24, 2.45) is 0 Å². The Hall–Kier alpha value is -1.52. The fourth-order valence-corrected chi connectivity index (χ4v) is 3.74. The molecule has 0 N–H and O–H groups in total. The van der Waals surface area contributed by atoms with Crippen LogP contribution in [0.5, 0.6) is 5.75 Å². The lowest BCUT2D eigenvalue weighted by Crippen LogP contribution is -2.08. The van der Waals surface area contributed by atoms with Crippen molar-refractivity contribution in [3.63, 3.8) is 0 Å². The molecule has 21 heavy (non-hydrogen) atoms. The van der Waals surface area contributed by atoms with Crippen LogP contribution in [0, 0.1) is 6.92 Å². The molecule has 0 fully saturated rings. The first-order valence-corrected chi connectivity index (χ1v) is 8.17. The van der Waals surface area contributed by atoms with E-state index in [9.17, 15) is 0 Å². The van der Waals surface area contributed by atoms with Crippen molar-refractivity contribution in [2.75, 3.05) is 7.11 Å². The largest absolute Gasteiger partial charge is 0.494 e. The number of aromatic nitrogens is 2. The summed E-state index contributed by atoms with van der Waals surface area (Å²) in [6, 6.07) is 10.5. The summed E-state index contributed by atoms with van der Waals surface area (Å²) < 4.78 is 7.62. The van der Waals surface area contributed by atoms with E-state index in [4.69, 9.17) is 16.3 Å². The number of hydrogen-bond acceptors (Lipinski definition) is 3. The Labute approximate surface area is 133 Å². The molecule has 0 radical (unpaired) electrons. The molecule has 0 spiro atoms. The number of aryl methyl sites for hydroxylation is 1. The number of fused-ring (bicyclic) bond motifs is 1. The Balaban J connectivity index is 2.21. The van der Waals surface area contributed by atoms with Crippen LogP contribution in [0.25, 0.3) is 11.0 Å². The topological polar surface area (TPSA) is 27.1 Å². The second-order valence-electron chi connectivity index (χ2n) is 4.98. The van der Waals surface area contributed by atoms with Crippen LogP contribution in [0.3, 0.4) is 0 Å². The van der Waals surface area contributed by atoms with Crippen LogP contribution in [0.4, 0.5) is 0 Å². The molecule has 0 saturated carbocycles. The van der Waals surface area contributed by atoms with Crippen LogP contribution in [-0.2, 0) is 5.88 Å². The Morgan fingerprint density at radius 3 is 2.76 bits per heavy atom. The van der Waals surface area contributed by atoms with Crippen molar-refractivity contribution in [3.8, 4) is 5.75 Å². The number of hydrogen-bond donors (Lipinski definition) is 0. The van der Waals surface area contributed by atoms with Gasteiger partial charge in [0.15, 0.2) is 0 Å². The molecule has 3 rings (SSSR count). The van der Waals surface area contributed by atoms with Gasteiger partial charge in [-0.25, -0.2) is 4.98 Å². The fraction of sp³-hybridized carbons (Fsp3) is 0.312. The molecule has 2 aromatic heterocycles. The highest BCUT2D eigenvalue weighted by Gasteiger charge is 2.19. The molecule has 1 atom stereocenters. The van der Waals surface area contributed by atoms with Crippen molar-refractivity contribution >= 4 is 34.0 Å². The van der Waals surface area contributed by atoms with Crippen LogP contribution >= 0.6 is 22.9 Å². The van der Waals surface area contributed by atoms with Gasteiger partial charge < -0.3 is 9.30 Å². The lowest BCUT2D eigenvalue weighted by molar-refractivity contribution is 0.419. The third-order valence-corrected chi connectivity index (χ3v) is 5.07. The normalized spacial score (nSPS) is 12.8. The van der Waals surface area contributed by atoms with Gasteiger partial charge in [0.05, 0.1) is 24.5 Å². The highest BCUT2D eigenvalue weighted by atomic mass is 35.5. The number of alkyl halides is 1. The van der Waals surface area contributed by atoms with Crippen molar-refractivity contribution in [2.45, 2.75) is 25.8 Å². The minimum atomic E-state index is 0.203. The minimum absolute atomic E-state index is 0.203. The van der Waals surface area contributed by atoms with Crippen molar-refractivity contribution < 1.29 is 4.74 Å². The minimum Gasteiger partial charge on any atom is -0.494 e. The average molecular weight is 321 g/mol. The number of para-hydroxylation sites is 1. The van der Waals surface area contributed by atoms with Gasteiger partial charge in [0, 0.05) is 9.75 Å². The molecular formula is C16H17ClN2OS. The Kier molecular flexibility index (Phi) is 3.91.